The number of thioether (sulfide) groups is 1. The van der Waals surface area contributed by atoms with Gasteiger partial charge in [-0.05, 0) is 30.4 Å². The third kappa shape index (κ3) is 3.38. The molecule has 1 aromatic rings. The maximum absolute atomic E-state index is 5.44. The molecule has 1 atom stereocenters. The van der Waals surface area contributed by atoms with E-state index in [4.69, 9.17) is 4.42 Å². The quantitative estimate of drug-likeness (QED) is 0.785. The molecule has 16 heavy (non-hydrogen) atoms. The van der Waals surface area contributed by atoms with Gasteiger partial charge in [0.15, 0.2) is 0 Å². The number of anilines is 1. The van der Waals surface area contributed by atoms with Gasteiger partial charge < -0.3 is 15.1 Å². The van der Waals surface area contributed by atoms with Crippen LogP contribution >= 0.6 is 11.8 Å². The van der Waals surface area contributed by atoms with Crippen molar-refractivity contribution in [2.75, 3.05) is 29.9 Å². The second-order valence-electron chi connectivity index (χ2n) is 3.89. The summed E-state index contributed by atoms with van der Waals surface area (Å²) >= 11 is 2.02. The van der Waals surface area contributed by atoms with Crippen molar-refractivity contribution in [2.45, 2.75) is 19.9 Å². The highest BCUT2D eigenvalue weighted by molar-refractivity contribution is 7.99. The normalized spacial score (nSPS) is 20.2. The van der Waals surface area contributed by atoms with Crippen LogP contribution < -0.4 is 10.6 Å². The second kappa shape index (κ2) is 6.10. The summed E-state index contributed by atoms with van der Waals surface area (Å²) in [6.07, 6.45) is 1.29. The van der Waals surface area contributed by atoms with Crippen molar-refractivity contribution in [3.8, 4) is 0 Å². The Morgan fingerprint density at radius 1 is 1.50 bits per heavy atom. The van der Waals surface area contributed by atoms with Crippen molar-refractivity contribution in [1.29, 1.82) is 0 Å². The highest BCUT2D eigenvalue weighted by Crippen LogP contribution is 2.23. The van der Waals surface area contributed by atoms with Gasteiger partial charge in [0, 0.05) is 6.54 Å². The van der Waals surface area contributed by atoms with Gasteiger partial charge in [-0.15, -0.1) is 5.10 Å². The molecule has 6 heteroatoms. The molecule has 0 amide bonds. The molecular weight excluding hydrogens is 224 g/mol. The van der Waals surface area contributed by atoms with Gasteiger partial charge in [-0.2, -0.15) is 11.8 Å². The minimum Gasteiger partial charge on any atom is -0.407 e. The summed E-state index contributed by atoms with van der Waals surface area (Å²) < 4.78 is 5.44. The fraction of sp³-hybridized carbons (Fsp3) is 0.800. The molecule has 2 heterocycles. The minimum absolute atomic E-state index is 0.546. The molecule has 1 unspecified atom stereocenters. The zero-order valence-electron chi connectivity index (χ0n) is 9.53. The first kappa shape index (κ1) is 11.7. The fourth-order valence-corrected chi connectivity index (χ4v) is 2.89. The van der Waals surface area contributed by atoms with Crippen LogP contribution in [0.1, 0.15) is 19.2 Å². The summed E-state index contributed by atoms with van der Waals surface area (Å²) in [4.78, 5) is 0. The Labute approximate surface area is 99.8 Å². The maximum Gasteiger partial charge on any atom is 0.315 e. The lowest BCUT2D eigenvalue weighted by Gasteiger charge is -2.06. The van der Waals surface area contributed by atoms with E-state index in [9.17, 15) is 0 Å². The second-order valence-corrected chi connectivity index (χ2v) is 5.04. The molecule has 0 spiro atoms. The molecular formula is C10H18N4OS. The smallest absolute Gasteiger partial charge is 0.315 e. The molecule has 1 aliphatic heterocycles. The number of rotatable bonds is 6. The SMILES string of the molecule is CCNCc1nnc(NCC2CCSC2)o1. The number of nitrogens with one attached hydrogen (secondary N) is 2. The Kier molecular flexibility index (Phi) is 4.47. The van der Waals surface area contributed by atoms with Crippen molar-refractivity contribution >= 4 is 17.8 Å². The highest BCUT2D eigenvalue weighted by atomic mass is 32.2. The fourth-order valence-electron chi connectivity index (χ4n) is 1.60. The van der Waals surface area contributed by atoms with Crippen LogP contribution in [0.3, 0.4) is 0 Å². The van der Waals surface area contributed by atoms with Crippen LogP contribution in [0.2, 0.25) is 0 Å². The molecule has 2 rings (SSSR count). The van der Waals surface area contributed by atoms with Crippen molar-refractivity contribution in [2.24, 2.45) is 5.92 Å². The predicted octanol–water partition coefficient (Wildman–Crippen LogP) is 1.34. The minimum atomic E-state index is 0.546. The van der Waals surface area contributed by atoms with Gasteiger partial charge in [0.1, 0.15) is 0 Å². The first-order valence-corrected chi connectivity index (χ1v) is 6.88. The summed E-state index contributed by atoms with van der Waals surface area (Å²) in [5, 5.41) is 14.3. The lowest BCUT2D eigenvalue weighted by molar-refractivity contribution is 0.477. The third-order valence-electron chi connectivity index (χ3n) is 2.56. The van der Waals surface area contributed by atoms with E-state index in [0.717, 1.165) is 19.0 Å². The summed E-state index contributed by atoms with van der Waals surface area (Å²) in [5.41, 5.74) is 0. The van der Waals surface area contributed by atoms with Gasteiger partial charge >= 0.3 is 6.01 Å². The molecule has 1 saturated heterocycles. The Morgan fingerprint density at radius 2 is 2.44 bits per heavy atom. The third-order valence-corrected chi connectivity index (χ3v) is 3.79. The number of hydrogen-bond donors (Lipinski definition) is 2. The van der Waals surface area contributed by atoms with Gasteiger partial charge in [0.25, 0.3) is 0 Å². The monoisotopic (exact) mass is 242 g/mol. The Balaban J connectivity index is 1.73. The van der Waals surface area contributed by atoms with Crippen molar-refractivity contribution in [1.82, 2.24) is 15.5 Å². The summed E-state index contributed by atoms with van der Waals surface area (Å²) in [6, 6.07) is 0.546. The topological polar surface area (TPSA) is 63.0 Å². The van der Waals surface area contributed by atoms with Gasteiger partial charge in [-0.1, -0.05) is 12.0 Å². The van der Waals surface area contributed by atoms with E-state index in [-0.39, 0.29) is 0 Å². The van der Waals surface area contributed by atoms with E-state index < -0.39 is 0 Å². The van der Waals surface area contributed by atoms with Crippen LogP contribution in [0, 0.1) is 5.92 Å². The highest BCUT2D eigenvalue weighted by Gasteiger charge is 2.16. The van der Waals surface area contributed by atoms with E-state index in [1.54, 1.807) is 0 Å². The van der Waals surface area contributed by atoms with Crippen LogP contribution in [-0.4, -0.2) is 34.8 Å². The van der Waals surface area contributed by atoms with E-state index in [0.29, 0.717) is 18.5 Å². The zero-order valence-corrected chi connectivity index (χ0v) is 10.3. The Bertz CT molecular complexity index is 312. The molecule has 0 aromatic carbocycles. The Morgan fingerprint density at radius 3 is 3.19 bits per heavy atom. The molecule has 1 aromatic heterocycles. The summed E-state index contributed by atoms with van der Waals surface area (Å²) in [7, 11) is 0. The van der Waals surface area contributed by atoms with Crippen molar-refractivity contribution in [3.05, 3.63) is 5.89 Å². The average molecular weight is 242 g/mol. The van der Waals surface area contributed by atoms with Crippen LogP contribution in [-0.2, 0) is 6.54 Å². The zero-order chi connectivity index (χ0) is 11.2. The maximum atomic E-state index is 5.44. The Hall–Kier alpha value is -0.750. The van der Waals surface area contributed by atoms with E-state index in [1.807, 2.05) is 18.7 Å². The summed E-state index contributed by atoms with van der Waals surface area (Å²) in [6.45, 7) is 4.54. The van der Waals surface area contributed by atoms with Crippen molar-refractivity contribution < 1.29 is 4.42 Å². The number of nitrogens with zero attached hydrogens (tertiary/aromatic N) is 2. The van der Waals surface area contributed by atoms with Gasteiger partial charge in [0.05, 0.1) is 6.54 Å². The van der Waals surface area contributed by atoms with Crippen LogP contribution in [0.4, 0.5) is 6.01 Å². The molecule has 0 saturated carbocycles. The first-order chi connectivity index (χ1) is 7.88. The molecule has 1 aliphatic rings. The number of hydrogen-bond acceptors (Lipinski definition) is 6. The average Bonchev–Trinajstić information content (AvgIpc) is 2.95. The largest absolute Gasteiger partial charge is 0.407 e. The first-order valence-electron chi connectivity index (χ1n) is 5.73. The standard InChI is InChI=1S/C10H18N4OS/c1-2-11-6-9-13-14-10(15-9)12-5-8-3-4-16-7-8/h8,11H,2-7H2,1H3,(H,12,14). The predicted molar refractivity (Wildman–Crippen MR) is 65.6 cm³/mol. The molecule has 0 radical (unpaired) electrons. The molecule has 2 N–H and O–H groups in total. The van der Waals surface area contributed by atoms with Crippen LogP contribution in [0.5, 0.6) is 0 Å². The molecule has 90 valence electrons. The van der Waals surface area contributed by atoms with E-state index >= 15 is 0 Å². The van der Waals surface area contributed by atoms with Crippen LogP contribution in [0.15, 0.2) is 4.42 Å². The molecule has 1 fully saturated rings. The van der Waals surface area contributed by atoms with Gasteiger partial charge in [-0.25, -0.2) is 0 Å². The lowest BCUT2D eigenvalue weighted by Crippen LogP contribution is -2.13. The van der Waals surface area contributed by atoms with E-state index in [1.165, 1.54) is 17.9 Å². The molecule has 0 bridgehead atoms. The van der Waals surface area contributed by atoms with E-state index in [2.05, 4.69) is 20.8 Å². The molecule has 5 nitrogen and oxygen atoms in total. The van der Waals surface area contributed by atoms with Crippen LogP contribution in [0.25, 0.3) is 0 Å². The molecule has 0 aliphatic carbocycles. The lowest BCUT2D eigenvalue weighted by atomic mass is 10.1. The summed E-state index contributed by atoms with van der Waals surface area (Å²) in [5.74, 6) is 3.91. The van der Waals surface area contributed by atoms with Crippen molar-refractivity contribution in [3.63, 3.8) is 0 Å². The number of aromatic nitrogens is 2. The van der Waals surface area contributed by atoms with Gasteiger partial charge in [0.2, 0.25) is 5.89 Å². The van der Waals surface area contributed by atoms with Gasteiger partial charge in [-0.3, -0.25) is 0 Å².